The van der Waals surface area contributed by atoms with Crippen LogP contribution in [0.2, 0.25) is 0 Å². The van der Waals surface area contributed by atoms with E-state index in [4.69, 9.17) is 9.47 Å². The normalized spacial score (nSPS) is 49.8. The number of hydrogen-bond donors (Lipinski definition) is 0. The van der Waals surface area contributed by atoms with Gasteiger partial charge in [0.1, 0.15) is 0 Å². The molecule has 3 atom stereocenters. The van der Waals surface area contributed by atoms with E-state index in [-0.39, 0.29) is 11.9 Å². The van der Waals surface area contributed by atoms with Crippen LogP contribution in [0.15, 0.2) is 12.2 Å². The standard InChI is InChI=1S/C9H10O3/c10-8-2-1-7-3-6-4-11-5-9(6,8)12-7/h1-2,6-7H,3-5H2/t6-,7+,9+/m0/s1. The molecule has 0 radical (unpaired) electrons. The Morgan fingerprint density at radius 3 is 3.42 bits per heavy atom. The Bertz CT molecular complexity index is 271. The van der Waals surface area contributed by atoms with E-state index >= 15 is 0 Å². The van der Waals surface area contributed by atoms with Crippen molar-refractivity contribution in [2.75, 3.05) is 13.2 Å². The third kappa shape index (κ3) is 0.619. The van der Waals surface area contributed by atoms with Gasteiger partial charge in [0.15, 0.2) is 11.4 Å². The van der Waals surface area contributed by atoms with Crippen molar-refractivity contribution in [3.63, 3.8) is 0 Å². The van der Waals surface area contributed by atoms with Crippen molar-refractivity contribution in [2.24, 2.45) is 5.92 Å². The largest absolute Gasteiger partial charge is 0.378 e. The second kappa shape index (κ2) is 1.98. The van der Waals surface area contributed by atoms with E-state index in [1.165, 1.54) is 0 Å². The lowest BCUT2D eigenvalue weighted by Gasteiger charge is -2.26. The number of rotatable bonds is 0. The van der Waals surface area contributed by atoms with Crippen LogP contribution in [0.4, 0.5) is 0 Å². The summed E-state index contributed by atoms with van der Waals surface area (Å²) in [6, 6.07) is 0. The van der Waals surface area contributed by atoms with Crippen LogP contribution < -0.4 is 0 Å². The summed E-state index contributed by atoms with van der Waals surface area (Å²) in [4.78, 5) is 11.6. The molecule has 3 nitrogen and oxygen atoms in total. The maximum Gasteiger partial charge on any atom is 0.190 e. The molecular formula is C9H10O3. The van der Waals surface area contributed by atoms with Gasteiger partial charge in [0.05, 0.1) is 19.3 Å². The summed E-state index contributed by atoms with van der Waals surface area (Å²) in [6.45, 7) is 1.14. The van der Waals surface area contributed by atoms with Crippen LogP contribution in [-0.2, 0) is 14.3 Å². The van der Waals surface area contributed by atoms with Gasteiger partial charge in [-0.2, -0.15) is 0 Å². The molecule has 0 amide bonds. The van der Waals surface area contributed by atoms with Gasteiger partial charge in [0, 0.05) is 5.92 Å². The van der Waals surface area contributed by atoms with Crippen LogP contribution >= 0.6 is 0 Å². The zero-order valence-electron chi connectivity index (χ0n) is 6.66. The van der Waals surface area contributed by atoms with Gasteiger partial charge in [0.25, 0.3) is 0 Å². The van der Waals surface area contributed by atoms with Crippen molar-refractivity contribution >= 4 is 5.78 Å². The number of fused-ring (bicyclic) bond motifs is 1. The Hall–Kier alpha value is -0.670. The zero-order valence-corrected chi connectivity index (χ0v) is 6.66. The van der Waals surface area contributed by atoms with E-state index in [1.54, 1.807) is 6.08 Å². The molecule has 1 spiro atoms. The van der Waals surface area contributed by atoms with Gasteiger partial charge in [-0.1, -0.05) is 6.08 Å². The zero-order chi connectivity index (χ0) is 8.18. The molecule has 3 heterocycles. The van der Waals surface area contributed by atoms with Gasteiger partial charge in [-0.3, -0.25) is 4.79 Å². The third-order valence-corrected chi connectivity index (χ3v) is 3.05. The monoisotopic (exact) mass is 166 g/mol. The minimum atomic E-state index is -0.584. The van der Waals surface area contributed by atoms with Gasteiger partial charge in [-0.15, -0.1) is 0 Å². The predicted molar refractivity (Wildman–Crippen MR) is 40.7 cm³/mol. The fourth-order valence-corrected chi connectivity index (χ4v) is 2.38. The van der Waals surface area contributed by atoms with E-state index in [0.29, 0.717) is 19.1 Å². The van der Waals surface area contributed by atoms with Gasteiger partial charge in [0.2, 0.25) is 0 Å². The summed E-state index contributed by atoms with van der Waals surface area (Å²) < 4.78 is 10.9. The number of carbonyl (C=O) groups is 1. The topological polar surface area (TPSA) is 35.5 Å². The fourth-order valence-electron chi connectivity index (χ4n) is 2.38. The smallest absolute Gasteiger partial charge is 0.190 e. The number of ether oxygens (including phenoxy) is 2. The lowest BCUT2D eigenvalue weighted by Crippen LogP contribution is -2.44. The molecule has 12 heavy (non-hydrogen) atoms. The van der Waals surface area contributed by atoms with Gasteiger partial charge in [-0.05, 0) is 12.5 Å². The highest BCUT2D eigenvalue weighted by molar-refractivity contribution is 5.99. The van der Waals surface area contributed by atoms with E-state index in [9.17, 15) is 4.79 Å². The van der Waals surface area contributed by atoms with Crippen molar-refractivity contribution in [2.45, 2.75) is 18.1 Å². The number of hydrogen-bond acceptors (Lipinski definition) is 3. The summed E-state index contributed by atoms with van der Waals surface area (Å²) in [7, 11) is 0. The summed E-state index contributed by atoms with van der Waals surface area (Å²) in [5.41, 5.74) is -0.584. The maximum atomic E-state index is 11.6. The average molecular weight is 166 g/mol. The molecule has 3 heteroatoms. The van der Waals surface area contributed by atoms with Crippen molar-refractivity contribution in [3.05, 3.63) is 12.2 Å². The average Bonchev–Trinajstić information content (AvgIpc) is 2.52. The van der Waals surface area contributed by atoms with E-state index in [1.807, 2.05) is 6.08 Å². The Morgan fingerprint density at radius 2 is 2.50 bits per heavy atom. The Kier molecular flexibility index (Phi) is 1.12. The predicted octanol–water partition coefficient (Wildman–Crippen LogP) is 0.299. The molecule has 0 N–H and O–H groups in total. The first kappa shape index (κ1) is 6.80. The fraction of sp³-hybridized carbons (Fsp3) is 0.667. The Labute approximate surface area is 70.3 Å². The number of ketones is 1. The van der Waals surface area contributed by atoms with Crippen LogP contribution in [0, 0.1) is 5.92 Å². The molecule has 3 aliphatic rings. The molecule has 0 saturated carbocycles. The van der Waals surface area contributed by atoms with Gasteiger partial charge >= 0.3 is 0 Å². The highest BCUT2D eigenvalue weighted by Gasteiger charge is 2.57. The lowest BCUT2D eigenvalue weighted by atomic mass is 9.88. The Morgan fingerprint density at radius 1 is 1.58 bits per heavy atom. The molecule has 0 aromatic rings. The molecule has 0 aliphatic carbocycles. The molecule has 64 valence electrons. The summed E-state index contributed by atoms with van der Waals surface area (Å²) in [6.07, 6.45) is 4.63. The lowest BCUT2D eigenvalue weighted by molar-refractivity contribution is -0.140. The van der Waals surface area contributed by atoms with Gasteiger partial charge < -0.3 is 9.47 Å². The van der Waals surface area contributed by atoms with Crippen molar-refractivity contribution in [1.82, 2.24) is 0 Å². The molecule has 0 aromatic carbocycles. The molecule has 3 rings (SSSR count). The minimum absolute atomic E-state index is 0.0961. The highest BCUT2D eigenvalue weighted by atomic mass is 16.6. The highest BCUT2D eigenvalue weighted by Crippen LogP contribution is 2.44. The van der Waals surface area contributed by atoms with Crippen LogP contribution in [0.25, 0.3) is 0 Å². The molecular weight excluding hydrogens is 156 g/mol. The third-order valence-electron chi connectivity index (χ3n) is 3.05. The first-order valence-electron chi connectivity index (χ1n) is 4.29. The minimum Gasteiger partial charge on any atom is -0.378 e. The molecule has 2 fully saturated rings. The van der Waals surface area contributed by atoms with Crippen LogP contribution in [0.5, 0.6) is 0 Å². The van der Waals surface area contributed by atoms with Gasteiger partial charge in [-0.25, -0.2) is 0 Å². The summed E-state index contributed by atoms with van der Waals surface area (Å²) in [5.74, 6) is 0.392. The molecule has 0 aromatic heterocycles. The van der Waals surface area contributed by atoms with Crippen LogP contribution in [-0.4, -0.2) is 30.7 Å². The molecule has 3 aliphatic heterocycles. The SMILES string of the molecule is O=C1C=C[C@@H]2C[C@H]3COC[C@]13O2. The molecule has 2 saturated heterocycles. The Balaban J connectivity index is 2.09. The van der Waals surface area contributed by atoms with Crippen molar-refractivity contribution in [3.8, 4) is 0 Å². The van der Waals surface area contributed by atoms with Crippen molar-refractivity contribution in [1.29, 1.82) is 0 Å². The second-order valence-corrected chi connectivity index (χ2v) is 3.72. The van der Waals surface area contributed by atoms with E-state index in [2.05, 4.69) is 0 Å². The van der Waals surface area contributed by atoms with Crippen LogP contribution in [0.1, 0.15) is 6.42 Å². The van der Waals surface area contributed by atoms with Crippen LogP contribution in [0.3, 0.4) is 0 Å². The summed E-state index contributed by atoms with van der Waals surface area (Å²) >= 11 is 0. The van der Waals surface area contributed by atoms with E-state index < -0.39 is 5.60 Å². The first-order chi connectivity index (χ1) is 5.81. The molecule has 2 bridgehead atoms. The first-order valence-corrected chi connectivity index (χ1v) is 4.29. The number of carbonyl (C=O) groups excluding carboxylic acids is 1. The quantitative estimate of drug-likeness (QED) is 0.519. The van der Waals surface area contributed by atoms with Crippen molar-refractivity contribution < 1.29 is 14.3 Å². The second-order valence-electron chi connectivity index (χ2n) is 3.72. The van der Waals surface area contributed by atoms with E-state index in [0.717, 1.165) is 6.42 Å². The molecule has 0 unspecified atom stereocenters. The summed E-state index contributed by atoms with van der Waals surface area (Å²) in [5, 5.41) is 0. The maximum absolute atomic E-state index is 11.6.